The molecule has 0 amide bonds. The van der Waals surface area contributed by atoms with Gasteiger partial charge in [0.15, 0.2) is 0 Å². The maximum atomic E-state index is 6.02. The number of H-pyrrole nitrogens is 1. The van der Waals surface area contributed by atoms with Gasteiger partial charge in [-0.2, -0.15) is 0 Å². The number of methoxy groups -OCH3 is 1. The number of aromatic nitrogens is 3. The van der Waals surface area contributed by atoms with E-state index in [2.05, 4.69) is 15.0 Å². The van der Waals surface area contributed by atoms with Crippen LogP contribution >= 0.6 is 0 Å². The minimum atomic E-state index is -0.0490. The van der Waals surface area contributed by atoms with E-state index < -0.39 is 0 Å². The van der Waals surface area contributed by atoms with E-state index in [-0.39, 0.29) is 6.04 Å². The van der Waals surface area contributed by atoms with Gasteiger partial charge < -0.3 is 20.2 Å². The van der Waals surface area contributed by atoms with Crippen molar-refractivity contribution in [3.05, 3.63) is 36.2 Å². The summed E-state index contributed by atoms with van der Waals surface area (Å²) in [5.41, 5.74) is 9.91. The number of hydrogen-bond acceptors (Lipinski definition) is 5. The van der Waals surface area contributed by atoms with E-state index in [0.717, 1.165) is 33.5 Å². The molecule has 106 valence electrons. The minimum Gasteiger partial charge on any atom is -0.491 e. The lowest BCUT2D eigenvalue weighted by Gasteiger charge is -2.00. The van der Waals surface area contributed by atoms with Crippen molar-refractivity contribution >= 4 is 10.9 Å². The van der Waals surface area contributed by atoms with Gasteiger partial charge in [-0.05, 0) is 12.1 Å². The molecule has 0 bridgehead atoms. The number of aromatic amines is 1. The van der Waals surface area contributed by atoms with E-state index in [9.17, 15) is 0 Å². The maximum absolute atomic E-state index is 6.02. The maximum Gasteiger partial charge on any atom is 0.316 e. The van der Waals surface area contributed by atoms with Gasteiger partial charge in [-0.25, -0.2) is 9.97 Å². The monoisotopic (exact) mass is 282 g/mol. The van der Waals surface area contributed by atoms with E-state index in [4.69, 9.17) is 15.2 Å². The molecule has 1 aromatic carbocycles. The molecule has 4 rings (SSSR count). The van der Waals surface area contributed by atoms with Gasteiger partial charge in [0.1, 0.15) is 12.4 Å². The summed E-state index contributed by atoms with van der Waals surface area (Å²) in [5, 5.41) is 1.03. The van der Waals surface area contributed by atoms with Crippen molar-refractivity contribution < 1.29 is 9.47 Å². The van der Waals surface area contributed by atoms with Gasteiger partial charge in [-0.15, -0.1) is 0 Å². The quantitative estimate of drug-likeness (QED) is 0.751. The summed E-state index contributed by atoms with van der Waals surface area (Å²) in [6.45, 7) is 0.528. The first-order chi connectivity index (χ1) is 10.3. The molecular weight excluding hydrogens is 268 g/mol. The molecule has 2 aromatic heterocycles. The largest absolute Gasteiger partial charge is 0.491 e. The Balaban J connectivity index is 1.83. The van der Waals surface area contributed by atoms with E-state index in [1.54, 1.807) is 19.5 Å². The second-order valence-corrected chi connectivity index (χ2v) is 5.00. The van der Waals surface area contributed by atoms with Gasteiger partial charge in [-0.3, -0.25) is 0 Å². The standard InChI is InChI=1S/C15H14N4O2/c1-20-15-17-5-8(6-18-15)13-4-10-12(19-13)3-2-9-11(16)7-21-14(9)10/h2-6,11,19H,7,16H2,1H3. The second-order valence-electron chi connectivity index (χ2n) is 5.00. The zero-order chi connectivity index (χ0) is 14.4. The van der Waals surface area contributed by atoms with Crippen LogP contribution in [0.25, 0.3) is 22.2 Å². The molecule has 1 atom stereocenters. The van der Waals surface area contributed by atoms with Crippen LogP contribution in [0.4, 0.5) is 0 Å². The molecule has 3 N–H and O–H groups in total. The number of benzene rings is 1. The van der Waals surface area contributed by atoms with Gasteiger partial charge in [0.05, 0.1) is 13.2 Å². The molecule has 6 heteroatoms. The molecule has 0 saturated heterocycles. The number of nitrogens with one attached hydrogen (secondary N) is 1. The van der Waals surface area contributed by atoms with Crippen LogP contribution in [0.2, 0.25) is 0 Å². The van der Waals surface area contributed by atoms with Crippen LogP contribution in [0.3, 0.4) is 0 Å². The summed E-state index contributed by atoms with van der Waals surface area (Å²) in [6, 6.07) is 6.38. The second kappa shape index (κ2) is 4.46. The van der Waals surface area contributed by atoms with E-state index >= 15 is 0 Å². The summed E-state index contributed by atoms with van der Waals surface area (Å²) in [4.78, 5) is 11.6. The Kier molecular flexibility index (Phi) is 2.58. The fraction of sp³-hybridized carbons (Fsp3) is 0.200. The first-order valence-corrected chi connectivity index (χ1v) is 6.66. The van der Waals surface area contributed by atoms with Gasteiger partial charge in [0, 0.05) is 40.1 Å². The van der Waals surface area contributed by atoms with Crippen LogP contribution < -0.4 is 15.2 Å². The molecule has 0 saturated carbocycles. The smallest absolute Gasteiger partial charge is 0.316 e. The summed E-state index contributed by atoms with van der Waals surface area (Å²) >= 11 is 0. The highest BCUT2D eigenvalue weighted by Crippen LogP contribution is 2.39. The summed E-state index contributed by atoms with van der Waals surface area (Å²) in [6.07, 6.45) is 3.45. The number of nitrogens with two attached hydrogens (primary N) is 1. The van der Waals surface area contributed by atoms with Gasteiger partial charge >= 0.3 is 6.01 Å². The molecule has 1 aliphatic rings. The SMILES string of the molecule is COc1ncc(-c2cc3c4c(ccc3[nH]2)C(N)CO4)cn1. The highest BCUT2D eigenvalue weighted by Gasteiger charge is 2.23. The van der Waals surface area contributed by atoms with Crippen molar-refractivity contribution in [3.8, 4) is 23.0 Å². The van der Waals surface area contributed by atoms with Crippen LogP contribution in [0.5, 0.6) is 11.8 Å². The number of fused-ring (bicyclic) bond motifs is 3. The highest BCUT2D eigenvalue weighted by molar-refractivity contribution is 5.92. The van der Waals surface area contributed by atoms with Crippen molar-refractivity contribution in [3.63, 3.8) is 0 Å². The fourth-order valence-electron chi connectivity index (χ4n) is 2.63. The minimum absolute atomic E-state index is 0.0490. The summed E-state index contributed by atoms with van der Waals surface area (Å²) in [7, 11) is 1.54. The van der Waals surface area contributed by atoms with Crippen molar-refractivity contribution in [1.82, 2.24) is 15.0 Å². The van der Waals surface area contributed by atoms with Crippen molar-refractivity contribution in [2.45, 2.75) is 6.04 Å². The van der Waals surface area contributed by atoms with Gasteiger partial charge in [0.25, 0.3) is 0 Å². The van der Waals surface area contributed by atoms with Gasteiger partial charge in [-0.1, -0.05) is 6.07 Å². The van der Waals surface area contributed by atoms with Crippen LogP contribution in [0, 0.1) is 0 Å². The van der Waals surface area contributed by atoms with E-state index in [1.807, 2.05) is 18.2 Å². The molecule has 21 heavy (non-hydrogen) atoms. The average molecular weight is 282 g/mol. The predicted molar refractivity (Wildman–Crippen MR) is 78.3 cm³/mol. The Morgan fingerprint density at radius 2 is 2.14 bits per heavy atom. The Morgan fingerprint density at radius 3 is 2.90 bits per heavy atom. The number of nitrogens with zero attached hydrogens (tertiary/aromatic N) is 2. The lowest BCUT2D eigenvalue weighted by molar-refractivity contribution is 0.336. The number of ether oxygens (including phenoxy) is 2. The zero-order valence-corrected chi connectivity index (χ0v) is 11.5. The molecule has 0 aliphatic carbocycles. The van der Waals surface area contributed by atoms with Crippen LogP contribution in [-0.4, -0.2) is 28.7 Å². The fourth-order valence-corrected chi connectivity index (χ4v) is 2.63. The lowest BCUT2D eigenvalue weighted by atomic mass is 10.1. The molecule has 0 spiro atoms. The topological polar surface area (TPSA) is 86.0 Å². The van der Waals surface area contributed by atoms with Crippen molar-refractivity contribution in [1.29, 1.82) is 0 Å². The van der Waals surface area contributed by atoms with Crippen molar-refractivity contribution in [2.24, 2.45) is 5.73 Å². The lowest BCUT2D eigenvalue weighted by Crippen LogP contribution is -2.10. The van der Waals surface area contributed by atoms with E-state index in [1.165, 1.54) is 0 Å². The summed E-state index contributed by atoms with van der Waals surface area (Å²) < 4.78 is 10.7. The molecule has 0 fully saturated rings. The van der Waals surface area contributed by atoms with Crippen LogP contribution in [0.15, 0.2) is 30.6 Å². The summed E-state index contributed by atoms with van der Waals surface area (Å²) in [5.74, 6) is 0.872. The molecule has 3 heterocycles. The Morgan fingerprint density at radius 1 is 1.33 bits per heavy atom. The molecule has 1 unspecified atom stereocenters. The van der Waals surface area contributed by atoms with Crippen LogP contribution in [-0.2, 0) is 0 Å². The van der Waals surface area contributed by atoms with Gasteiger partial charge in [0.2, 0.25) is 0 Å². The van der Waals surface area contributed by atoms with Crippen molar-refractivity contribution in [2.75, 3.05) is 13.7 Å². The third-order valence-electron chi connectivity index (χ3n) is 3.71. The Labute approximate surface area is 120 Å². The predicted octanol–water partition coefficient (Wildman–Crippen LogP) is 2.03. The first kappa shape index (κ1) is 12.2. The Bertz CT molecular complexity index is 810. The number of hydrogen-bond donors (Lipinski definition) is 2. The zero-order valence-electron chi connectivity index (χ0n) is 11.5. The molecule has 3 aromatic rings. The Hall–Kier alpha value is -2.60. The first-order valence-electron chi connectivity index (χ1n) is 6.66. The molecule has 1 aliphatic heterocycles. The average Bonchev–Trinajstić information content (AvgIpc) is 3.11. The highest BCUT2D eigenvalue weighted by atomic mass is 16.5. The van der Waals surface area contributed by atoms with Crippen LogP contribution in [0.1, 0.15) is 11.6 Å². The van der Waals surface area contributed by atoms with E-state index in [0.29, 0.717) is 12.6 Å². The number of rotatable bonds is 2. The molecule has 6 nitrogen and oxygen atoms in total. The normalized spacial score (nSPS) is 16.8. The third kappa shape index (κ3) is 1.84. The molecule has 0 radical (unpaired) electrons. The third-order valence-corrected chi connectivity index (χ3v) is 3.71. The molecular formula is C15H14N4O2.